The van der Waals surface area contributed by atoms with Gasteiger partial charge in [-0.2, -0.15) is 0 Å². The fourth-order valence-corrected chi connectivity index (χ4v) is 15.6. The molecule has 19 heteroatoms. The number of unbranched alkanes of at least 4 members (excludes halogenated alkanes) is 52. The average Bonchev–Trinajstić information content (AvgIpc) is 0.899. The van der Waals surface area contributed by atoms with Crippen LogP contribution in [0.3, 0.4) is 0 Å². The molecule has 0 aliphatic rings. The zero-order chi connectivity index (χ0) is 80.2. The molecule has 0 amide bonds. The van der Waals surface area contributed by atoms with Gasteiger partial charge in [-0.1, -0.05) is 421 Å². The molecule has 0 aromatic carbocycles. The Balaban J connectivity index is 5.22. The third kappa shape index (κ3) is 82.4. The van der Waals surface area contributed by atoms with Gasteiger partial charge in [0.2, 0.25) is 0 Å². The van der Waals surface area contributed by atoms with Crippen LogP contribution in [0.4, 0.5) is 0 Å². The number of esters is 4. The van der Waals surface area contributed by atoms with E-state index in [1.165, 1.54) is 270 Å². The van der Waals surface area contributed by atoms with Gasteiger partial charge < -0.3 is 33.8 Å². The van der Waals surface area contributed by atoms with Crippen LogP contribution in [0.1, 0.15) is 473 Å². The number of aliphatic hydroxyl groups excluding tert-OH is 1. The first-order valence-corrected chi connectivity index (χ1v) is 49.2. The number of phosphoric ester groups is 2. The summed E-state index contributed by atoms with van der Waals surface area (Å²) in [7, 11) is -9.94. The van der Waals surface area contributed by atoms with E-state index >= 15 is 0 Å². The topological polar surface area (TPSA) is 237 Å². The van der Waals surface area contributed by atoms with Gasteiger partial charge in [-0.05, 0) is 49.4 Å². The molecule has 0 rings (SSSR count). The molecule has 0 saturated heterocycles. The highest BCUT2D eigenvalue weighted by atomic mass is 31.2. The quantitative estimate of drug-likeness (QED) is 0.0222. The second-order valence-corrected chi connectivity index (χ2v) is 36.9. The van der Waals surface area contributed by atoms with E-state index in [9.17, 15) is 43.2 Å². The standard InChI is InChI=1S/C90H176O17P2/c1-9-83(8)69-61-53-48-49-55-63-71-88(93)101-77-86(107-90(95)73-65-57-47-41-35-29-23-17-15-20-26-32-38-44-52-60-68-82(6)7)79-105-109(98,99)103-75-84(91)74-102-108(96,97)104-78-85(106-89(94)72-64-56-46-40-34-28-22-16-14-19-25-31-37-43-51-59-67-81(4)5)76-100-87(92)70-62-54-45-39-33-27-21-13-11-10-12-18-24-30-36-42-50-58-66-80(2)3/h80-86,91H,9-79H2,1-8H3,(H,96,97)(H,98,99)/t83?,84-,85-,86-/m1/s1. The van der Waals surface area contributed by atoms with Crippen molar-refractivity contribution in [1.29, 1.82) is 0 Å². The maximum Gasteiger partial charge on any atom is 0.472 e. The van der Waals surface area contributed by atoms with Crippen molar-refractivity contribution >= 4 is 39.5 Å². The highest BCUT2D eigenvalue weighted by Crippen LogP contribution is 2.45. The lowest BCUT2D eigenvalue weighted by atomic mass is 10.00. The van der Waals surface area contributed by atoms with Crippen molar-refractivity contribution in [3.63, 3.8) is 0 Å². The molecule has 17 nitrogen and oxygen atoms in total. The minimum absolute atomic E-state index is 0.107. The molecule has 0 heterocycles. The molecule has 0 aliphatic carbocycles. The number of rotatable bonds is 87. The monoisotopic (exact) mass is 1590 g/mol. The number of hydrogen-bond acceptors (Lipinski definition) is 15. The van der Waals surface area contributed by atoms with E-state index < -0.39 is 97.5 Å². The summed E-state index contributed by atoms with van der Waals surface area (Å²) < 4.78 is 69.0. The zero-order valence-corrected chi connectivity index (χ0v) is 74.0. The first-order valence-electron chi connectivity index (χ1n) is 46.2. The van der Waals surface area contributed by atoms with Crippen LogP contribution in [0.2, 0.25) is 0 Å². The van der Waals surface area contributed by atoms with Crippen molar-refractivity contribution in [2.24, 2.45) is 23.7 Å². The number of hydrogen-bond donors (Lipinski definition) is 3. The molecule has 109 heavy (non-hydrogen) atoms. The molecule has 0 aromatic rings. The maximum atomic E-state index is 13.2. The van der Waals surface area contributed by atoms with Crippen LogP contribution in [-0.2, 0) is 65.4 Å². The lowest BCUT2D eigenvalue weighted by molar-refractivity contribution is -0.161. The van der Waals surface area contributed by atoms with Crippen molar-refractivity contribution in [3.8, 4) is 0 Å². The smallest absolute Gasteiger partial charge is 0.462 e. The summed E-state index contributed by atoms with van der Waals surface area (Å²) in [5.74, 6) is 1.07. The Hall–Kier alpha value is -1.94. The molecule has 648 valence electrons. The van der Waals surface area contributed by atoms with E-state index in [0.29, 0.717) is 25.7 Å². The molecule has 0 saturated carbocycles. The summed E-state index contributed by atoms with van der Waals surface area (Å²) in [4.78, 5) is 73.4. The second kappa shape index (κ2) is 78.6. The highest BCUT2D eigenvalue weighted by Gasteiger charge is 2.31. The van der Waals surface area contributed by atoms with Crippen LogP contribution < -0.4 is 0 Å². The van der Waals surface area contributed by atoms with Crippen LogP contribution >= 0.6 is 15.6 Å². The van der Waals surface area contributed by atoms with Crippen molar-refractivity contribution in [1.82, 2.24) is 0 Å². The van der Waals surface area contributed by atoms with Crippen molar-refractivity contribution in [2.75, 3.05) is 39.6 Å². The molecule has 3 unspecified atom stereocenters. The van der Waals surface area contributed by atoms with Gasteiger partial charge in [0.05, 0.1) is 26.4 Å². The summed E-state index contributed by atoms with van der Waals surface area (Å²) in [6, 6.07) is 0. The van der Waals surface area contributed by atoms with E-state index in [4.69, 9.17) is 37.0 Å². The normalized spacial score (nSPS) is 14.1. The Morgan fingerprint density at radius 3 is 0.651 bits per heavy atom. The number of ether oxygens (including phenoxy) is 4. The van der Waals surface area contributed by atoms with Gasteiger partial charge in [-0.3, -0.25) is 37.3 Å². The van der Waals surface area contributed by atoms with Gasteiger partial charge in [0.1, 0.15) is 19.3 Å². The third-order valence-corrected chi connectivity index (χ3v) is 23.3. The lowest BCUT2D eigenvalue weighted by Crippen LogP contribution is -2.30. The molecule has 0 radical (unpaired) electrons. The molecular weight excluding hydrogens is 1410 g/mol. The molecule has 6 atom stereocenters. The van der Waals surface area contributed by atoms with Gasteiger partial charge in [-0.25, -0.2) is 9.13 Å². The van der Waals surface area contributed by atoms with E-state index in [0.717, 1.165) is 120 Å². The maximum absolute atomic E-state index is 13.2. The Labute approximate surface area is 670 Å². The van der Waals surface area contributed by atoms with Crippen molar-refractivity contribution in [3.05, 3.63) is 0 Å². The lowest BCUT2D eigenvalue weighted by Gasteiger charge is -2.21. The summed E-state index contributed by atoms with van der Waals surface area (Å²) in [5.41, 5.74) is 0. The molecule has 3 N–H and O–H groups in total. The summed E-state index contributed by atoms with van der Waals surface area (Å²) in [5, 5.41) is 10.7. The summed E-state index contributed by atoms with van der Waals surface area (Å²) >= 11 is 0. The van der Waals surface area contributed by atoms with Crippen molar-refractivity contribution < 1.29 is 80.2 Å². The van der Waals surface area contributed by atoms with Gasteiger partial charge in [-0.15, -0.1) is 0 Å². The Bertz CT molecular complexity index is 2110. The molecule has 0 bridgehead atoms. The Morgan fingerprint density at radius 2 is 0.440 bits per heavy atom. The first kappa shape index (κ1) is 107. The van der Waals surface area contributed by atoms with Crippen LogP contribution in [0.5, 0.6) is 0 Å². The van der Waals surface area contributed by atoms with Crippen LogP contribution in [0, 0.1) is 23.7 Å². The summed E-state index contributed by atoms with van der Waals surface area (Å²) in [6.07, 6.45) is 69.6. The Morgan fingerprint density at radius 1 is 0.257 bits per heavy atom. The van der Waals surface area contributed by atoms with Gasteiger partial charge >= 0.3 is 39.5 Å². The molecule has 0 spiro atoms. The molecule has 0 aromatic heterocycles. The minimum Gasteiger partial charge on any atom is -0.462 e. The highest BCUT2D eigenvalue weighted by molar-refractivity contribution is 7.47. The van der Waals surface area contributed by atoms with E-state index in [2.05, 4.69) is 55.4 Å². The van der Waals surface area contributed by atoms with Gasteiger partial charge in [0.25, 0.3) is 0 Å². The second-order valence-electron chi connectivity index (χ2n) is 34.0. The van der Waals surface area contributed by atoms with E-state index in [1.807, 2.05) is 0 Å². The minimum atomic E-state index is -4.97. The van der Waals surface area contributed by atoms with Gasteiger partial charge in [0.15, 0.2) is 12.2 Å². The van der Waals surface area contributed by atoms with Crippen LogP contribution in [0.15, 0.2) is 0 Å². The Kier molecular flexibility index (Phi) is 77.2. The molecule has 0 aliphatic heterocycles. The summed E-state index contributed by atoms with van der Waals surface area (Å²) in [6.45, 7) is 14.4. The van der Waals surface area contributed by atoms with Crippen LogP contribution in [0.25, 0.3) is 0 Å². The predicted molar refractivity (Wildman–Crippen MR) is 451 cm³/mol. The van der Waals surface area contributed by atoms with E-state index in [1.54, 1.807) is 0 Å². The number of aliphatic hydroxyl groups is 1. The fraction of sp³-hybridized carbons (Fsp3) is 0.956. The van der Waals surface area contributed by atoms with E-state index in [-0.39, 0.29) is 25.7 Å². The SMILES string of the molecule is CCC(C)CCCCCCCCC(=O)OC[C@H](COP(=O)(O)OC[C@H](O)COP(=O)(O)OC[C@@H](COC(=O)CCCCCCCCCCCCCCCCCCCCC(C)C)OC(=O)CCCCCCCCCCCCCCCCCCC(C)C)OC(=O)CCCCCCCCCCCCCCCCCCC(C)C. The molecular formula is C90H176O17P2. The molecule has 0 fully saturated rings. The number of carbonyl (C=O) groups excluding carboxylic acids is 4. The zero-order valence-electron chi connectivity index (χ0n) is 72.2. The number of phosphoric acid groups is 2. The number of carbonyl (C=O) groups is 4. The van der Waals surface area contributed by atoms with Crippen molar-refractivity contribution in [2.45, 2.75) is 491 Å². The van der Waals surface area contributed by atoms with Crippen LogP contribution in [-0.4, -0.2) is 96.7 Å². The first-order chi connectivity index (χ1) is 52.6. The fourth-order valence-electron chi connectivity index (χ4n) is 14.0. The third-order valence-electron chi connectivity index (χ3n) is 21.4. The largest absolute Gasteiger partial charge is 0.472 e. The predicted octanol–water partition coefficient (Wildman–Crippen LogP) is 27.5. The average molecular weight is 1590 g/mol. The van der Waals surface area contributed by atoms with Gasteiger partial charge in [0, 0.05) is 25.7 Å².